The van der Waals surface area contributed by atoms with E-state index >= 15 is 0 Å². The lowest BCUT2D eigenvalue weighted by Gasteiger charge is -2.06. The van der Waals surface area contributed by atoms with Crippen molar-refractivity contribution < 1.29 is 4.74 Å². The minimum absolute atomic E-state index is 0.875. The second kappa shape index (κ2) is 7.12. The summed E-state index contributed by atoms with van der Waals surface area (Å²) < 4.78 is 5.75. The molecule has 94 valence electrons. The molecule has 1 nitrogen and oxygen atoms in total. The molecule has 0 aliphatic carbocycles. The first-order valence-electron chi connectivity index (χ1n) is 6.31. The highest BCUT2D eigenvalue weighted by atomic mass is 32.1. The molecule has 0 fully saturated rings. The van der Waals surface area contributed by atoms with Gasteiger partial charge in [-0.15, -0.1) is 0 Å². The molecule has 0 spiro atoms. The lowest BCUT2D eigenvalue weighted by atomic mass is 10.1. The summed E-state index contributed by atoms with van der Waals surface area (Å²) in [6.07, 6.45) is 3.49. The molecule has 0 N–H and O–H groups in total. The fraction of sp³-hybridized carbons (Fsp3) is 0.250. The van der Waals surface area contributed by atoms with Gasteiger partial charge >= 0.3 is 0 Å². The van der Waals surface area contributed by atoms with Crippen molar-refractivity contribution in [1.82, 2.24) is 0 Å². The van der Waals surface area contributed by atoms with Gasteiger partial charge in [0.05, 0.1) is 0 Å². The molecule has 0 atom stereocenters. The number of rotatable bonds is 6. The van der Waals surface area contributed by atoms with Gasteiger partial charge in [-0.05, 0) is 54.8 Å². The molecule has 0 aliphatic rings. The van der Waals surface area contributed by atoms with Crippen LogP contribution in [-0.4, -0.2) is 5.75 Å². The molecule has 0 saturated carbocycles. The van der Waals surface area contributed by atoms with Crippen molar-refractivity contribution in [3.63, 3.8) is 0 Å². The maximum Gasteiger partial charge on any atom is 0.127 e. The van der Waals surface area contributed by atoms with Gasteiger partial charge in [-0.2, -0.15) is 12.6 Å². The topological polar surface area (TPSA) is 9.23 Å². The van der Waals surface area contributed by atoms with Crippen LogP contribution >= 0.6 is 12.6 Å². The van der Waals surface area contributed by atoms with E-state index in [-0.39, 0.29) is 0 Å². The third kappa shape index (κ3) is 4.11. The molecule has 0 amide bonds. The number of ether oxygens (including phenoxy) is 1. The maximum atomic E-state index is 5.75. The van der Waals surface area contributed by atoms with E-state index in [4.69, 9.17) is 4.74 Å². The molecule has 0 aliphatic heterocycles. The summed E-state index contributed by atoms with van der Waals surface area (Å²) >= 11 is 4.22. The lowest BCUT2D eigenvalue weighted by Crippen LogP contribution is -1.88. The summed E-state index contributed by atoms with van der Waals surface area (Å²) in [5, 5.41) is 0. The fourth-order valence-electron chi connectivity index (χ4n) is 1.79. The second-order valence-corrected chi connectivity index (χ2v) is 4.69. The van der Waals surface area contributed by atoms with Gasteiger partial charge in [-0.3, -0.25) is 0 Å². The highest BCUT2D eigenvalue weighted by Gasteiger charge is 1.97. The van der Waals surface area contributed by atoms with Gasteiger partial charge in [0.2, 0.25) is 0 Å². The van der Waals surface area contributed by atoms with Crippen molar-refractivity contribution in [2.75, 3.05) is 5.75 Å². The average Bonchev–Trinajstić information content (AvgIpc) is 2.42. The number of thiol groups is 1. The number of hydrogen-bond acceptors (Lipinski definition) is 2. The maximum absolute atomic E-state index is 5.75. The summed E-state index contributed by atoms with van der Waals surface area (Å²) in [4.78, 5) is 0. The first-order valence-corrected chi connectivity index (χ1v) is 6.94. The standard InChI is InChI=1S/C16H18OS/c18-13-5-4-6-14-9-11-16(12-10-14)17-15-7-2-1-3-8-15/h1-3,7-12,18H,4-6,13H2. The highest BCUT2D eigenvalue weighted by Crippen LogP contribution is 2.21. The summed E-state index contributed by atoms with van der Waals surface area (Å²) in [6.45, 7) is 0. The van der Waals surface area contributed by atoms with Gasteiger partial charge in [0.25, 0.3) is 0 Å². The van der Waals surface area contributed by atoms with Crippen LogP contribution in [0.5, 0.6) is 11.5 Å². The Bertz CT molecular complexity index is 450. The Balaban J connectivity index is 1.91. The average molecular weight is 258 g/mol. The lowest BCUT2D eigenvalue weighted by molar-refractivity contribution is 0.482. The molecule has 0 radical (unpaired) electrons. The summed E-state index contributed by atoms with van der Waals surface area (Å²) in [5.41, 5.74) is 1.36. The molecule has 0 bridgehead atoms. The minimum Gasteiger partial charge on any atom is -0.457 e. The molecule has 2 aromatic carbocycles. The van der Waals surface area contributed by atoms with Crippen molar-refractivity contribution >= 4 is 12.6 Å². The van der Waals surface area contributed by atoms with Gasteiger partial charge in [0, 0.05) is 0 Å². The zero-order valence-corrected chi connectivity index (χ0v) is 11.3. The van der Waals surface area contributed by atoms with E-state index < -0.39 is 0 Å². The normalized spacial score (nSPS) is 10.3. The molecular formula is C16H18OS. The van der Waals surface area contributed by atoms with Gasteiger partial charge in [0.1, 0.15) is 11.5 Å². The van der Waals surface area contributed by atoms with E-state index in [1.165, 1.54) is 18.4 Å². The van der Waals surface area contributed by atoms with Gasteiger partial charge in [-0.25, -0.2) is 0 Å². The van der Waals surface area contributed by atoms with E-state index in [0.717, 1.165) is 23.7 Å². The fourth-order valence-corrected chi connectivity index (χ4v) is 2.01. The van der Waals surface area contributed by atoms with Gasteiger partial charge in [0.15, 0.2) is 0 Å². The Morgan fingerprint density at radius 2 is 1.44 bits per heavy atom. The Kier molecular flexibility index (Phi) is 5.15. The van der Waals surface area contributed by atoms with Crippen LogP contribution in [0.15, 0.2) is 54.6 Å². The molecule has 18 heavy (non-hydrogen) atoms. The van der Waals surface area contributed by atoms with Crippen molar-refractivity contribution in [2.24, 2.45) is 0 Å². The summed E-state index contributed by atoms with van der Waals surface area (Å²) in [5.74, 6) is 2.73. The monoisotopic (exact) mass is 258 g/mol. The van der Waals surface area contributed by atoms with Crippen LogP contribution in [0.2, 0.25) is 0 Å². The third-order valence-electron chi connectivity index (χ3n) is 2.78. The third-order valence-corrected chi connectivity index (χ3v) is 3.09. The largest absolute Gasteiger partial charge is 0.457 e. The van der Waals surface area contributed by atoms with E-state index in [9.17, 15) is 0 Å². The van der Waals surface area contributed by atoms with Gasteiger partial charge < -0.3 is 4.74 Å². The predicted octanol–water partition coefficient (Wildman–Crippen LogP) is 4.73. The zero-order valence-electron chi connectivity index (χ0n) is 10.4. The molecule has 2 rings (SSSR count). The molecular weight excluding hydrogens is 240 g/mol. The summed E-state index contributed by atoms with van der Waals surface area (Å²) in [7, 11) is 0. The smallest absolute Gasteiger partial charge is 0.127 e. The van der Waals surface area contributed by atoms with Crippen LogP contribution in [0, 0.1) is 0 Å². The molecule has 0 aromatic heterocycles. The molecule has 0 saturated heterocycles. The number of aryl methyl sites for hydroxylation is 1. The summed E-state index contributed by atoms with van der Waals surface area (Å²) in [6, 6.07) is 18.2. The first-order chi connectivity index (χ1) is 8.88. The van der Waals surface area contributed by atoms with E-state index in [0.29, 0.717) is 0 Å². The van der Waals surface area contributed by atoms with E-state index in [1.54, 1.807) is 0 Å². The van der Waals surface area contributed by atoms with Crippen LogP contribution in [0.1, 0.15) is 18.4 Å². The molecule has 0 unspecified atom stereocenters. The Morgan fingerprint density at radius 3 is 2.11 bits per heavy atom. The van der Waals surface area contributed by atoms with Crippen LogP contribution in [0.25, 0.3) is 0 Å². The van der Waals surface area contributed by atoms with Crippen molar-refractivity contribution in [2.45, 2.75) is 19.3 Å². The predicted molar refractivity (Wildman–Crippen MR) is 79.7 cm³/mol. The molecule has 0 heterocycles. The van der Waals surface area contributed by atoms with Crippen LogP contribution < -0.4 is 4.74 Å². The SMILES string of the molecule is SCCCCc1ccc(Oc2ccccc2)cc1. The van der Waals surface area contributed by atoms with Crippen LogP contribution in [-0.2, 0) is 6.42 Å². The van der Waals surface area contributed by atoms with Crippen LogP contribution in [0.3, 0.4) is 0 Å². The first kappa shape index (κ1) is 13.0. The highest BCUT2D eigenvalue weighted by molar-refractivity contribution is 7.80. The Labute approximate surface area is 114 Å². The number of para-hydroxylation sites is 1. The number of hydrogen-bond donors (Lipinski definition) is 1. The van der Waals surface area contributed by atoms with Crippen molar-refractivity contribution in [3.8, 4) is 11.5 Å². The Hall–Kier alpha value is -1.41. The van der Waals surface area contributed by atoms with Crippen molar-refractivity contribution in [3.05, 3.63) is 60.2 Å². The van der Waals surface area contributed by atoms with Gasteiger partial charge in [-0.1, -0.05) is 30.3 Å². The van der Waals surface area contributed by atoms with Crippen molar-refractivity contribution in [1.29, 1.82) is 0 Å². The number of unbranched alkanes of at least 4 members (excludes halogenated alkanes) is 1. The second-order valence-electron chi connectivity index (χ2n) is 4.24. The van der Waals surface area contributed by atoms with E-state index in [2.05, 4.69) is 24.8 Å². The Morgan fingerprint density at radius 1 is 0.778 bits per heavy atom. The minimum atomic E-state index is 0.875. The quantitative estimate of drug-likeness (QED) is 0.582. The molecule has 2 heteroatoms. The molecule has 2 aromatic rings. The van der Waals surface area contributed by atoms with E-state index in [1.807, 2.05) is 42.5 Å². The number of benzene rings is 2. The zero-order chi connectivity index (χ0) is 12.6. The van der Waals surface area contributed by atoms with Crippen LogP contribution in [0.4, 0.5) is 0 Å².